The number of carbonyl (C=O) groups is 1. The van der Waals surface area contributed by atoms with Crippen molar-refractivity contribution in [2.75, 3.05) is 20.3 Å². The van der Waals surface area contributed by atoms with Gasteiger partial charge in [-0.3, -0.25) is 9.78 Å². The molecule has 0 unspecified atom stereocenters. The average molecular weight is 312 g/mol. The lowest BCUT2D eigenvalue weighted by Crippen LogP contribution is -2.34. The van der Waals surface area contributed by atoms with Crippen molar-refractivity contribution >= 4 is 5.91 Å². The normalized spacial score (nSPS) is 10.5. The van der Waals surface area contributed by atoms with Gasteiger partial charge < -0.3 is 9.64 Å². The molecule has 0 fully saturated rings. The highest BCUT2D eigenvalue weighted by atomic mass is 16.5. The van der Waals surface area contributed by atoms with Crippen molar-refractivity contribution in [1.29, 1.82) is 0 Å². The first-order valence-corrected chi connectivity index (χ1v) is 7.96. The Morgan fingerprint density at radius 3 is 2.30 bits per heavy atom. The van der Waals surface area contributed by atoms with E-state index in [-0.39, 0.29) is 5.91 Å². The van der Waals surface area contributed by atoms with E-state index >= 15 is 0 Å². The maximum atomic E-state index is 12.6. The van der Waals surface area contributed by atoms with Crippen LogP contribution in [0.25, 0.3) is 0 Å². The fraction of sp³-hybridized carbons (Fsp3) is 0.368. The van der Waals surface area contributed by atoms with Crippen molar-refractivity contribution < 1.29 is 9.53 Å². The van der Waals surface area contributed by atoms with Crippen LogP contribution in [-0.4, -0.2) is 36.1 Å². The van der Waals surface area contributed by atoms with E-state index in [0.717, 1.165) is 17.5 Å². The minimum absolute atomic E-state index is 0.104. The third-order valence-electron chi connectivity index (χ3n) is 3.83. The van der Waals surface area contributed by atoms with E-state index < -0.39 is 0 Å². The molecule has 1 aromatic carbocycles. The van der Waals surface area contributed by atoms with Crippen LogP contribution >= 0.6 is 0 Å². The van der Waals surface area contributed by atoms with E-state index in [4.69, 9.17) is 4.74 Å². The van der Waals surface area contributed by atoms with Crippen LogP contribution in [0.5, 0.6) is 0 Å². The Kier molecular flexibility index (Phi) is 6.76. The Morgan fingerprint density at radius 2 is 1.70 bits per heavy atom. The standard InChI is InChI=1S/C19H24N2O2/c1-3-16-4-6-18(7-5-16)15-21(12-13-23-2)19(22)14-17-8-10-20-11-9-17/h4-11H,3,12-15H2,1-2H3. The molecule has 0 N–H and O–H groups in total. The topological polar surface area (TPSA) is 42.4 Å². The first kappa shape index (κ1) is 17.2. The molecule has 0 aliphatic rings. The van der Waals surface area contributed by atoms with Crippen molar-refractivity contribution in [3.8, 4) is 0 Å². The van der Waals surface area contributed by atoms with Gasteiger partial charge in [-0.1, -0.05) is 31.2 Å². The van der Waals surface area contributed by atoms with Crippen LogP contribution in [0, 0.1) is 0 Å². The molecule has 0 aliphatic heterocycles. The lowest BCUT2D eigenvalue weighted by Gasteiger charge is -2.23. The number of amides is 1. The molecule has 0 spiro atoms. The molecule has 2 rings (SSSR count). The highest BCUT2D eigenvalue weighted by molar-refractivity contribution is 5.78. The van der Waals surface area contributed by atoms with Crippen LogP contribution in [0.3, 0.4) is 0 Å². The molecule has 1 heterocycles. The Hall–Kier alpha value is -2.20. The number of hydrogen-bond acceptors (Lipinski definition) is 3. The molecule has 0 aliphatic carbocycles. The van der Waals surface area contributed by atoms with Crippen LogP contribution in [-0.2, 0) is 28.9 Å². The fourth-order valence-electron chi connectivity index (χ4n) is 2.38. The van der Waals surface area contributed by atoms with Gasteiger partial charge in [0, 0.05) is 32.6 Å². The summed E-state index contributed by atoms with van der Waals surface area (Å²) in [6, 6.07) is 12.2. The van der Waals surface area contributed by atoms with Gasteiger partial charge in [0.1, 0.15) is 0 Å². The van der Waals surface area contributed by atoms with E-state index in [1.807, 2.05) is 17.0 Å². The van der Waals surface area contributed by atoms with Gasteiger partial charge in [-0.05, 0) is 35.2 Å². The molecule has 122 valence electrons. The van der Waals surface area contributed by atoms with Gasteiger partial charge in [-0.15, -0.1) is 0 Å². The summed E-state index contributed by atoms with van der Waals surface area (Å²) in [5.41, 5.74) is 3.43. The highest BCUT2D eigenvalue weighted by Crippen LogP contribution is 2.10. The van der Waals surface area contributed by atoms with Crippen LogP contribution in [0.1, 0.15) is 23.6 Å². The fourth-order valence-corrected chi connectivity index (χ4v) is 2.38. The summed E-state index contributed by atoms with van der Waals surface area (Å²) in [6.07, 6.45) is 4.84. The lowest BCUT2D eigenvalue weighted by atomic mass is 10.1. The van der Waals surface area contributed by atoms with E-state index in [9.17, 15) is 4.79 Å². The van der Waals surface area contributed by atoms with Crippen LogP contribution < -0.4 is 0 Å². The summed E-state index contributed by atoms with van der Waals surface area (Å²) in [5, 5.41) is 0. The molecular formula is C19H24N2O2. The van der Waals surface area contributed by atoms with E-state index in [1.165, 1.54) is 5.56 Å². The lowest BCUT2D eigenvalue weighted by molar-refractivity contribution is -0.131. The van der Waals surface area contributed by atoms with Crippen LogP contribution in [0.4, 0.5) is 0 Å². The minimum Gasteiger partial charge on any atom is -0.383 e. The number of hydrogen-bond donors (Lipinski definition) is 0. The second-order valence-corrected chi connectivity index (χ2v) is 5.51. The smallest absolute Gasteiger partial charge is 0.227 e. The molecule has 2 aromatic rings. The third-order valence-corrected chi connectivity index (χ3v) is 3.83. The van der Waals surface area contributed by atoms with Crippen molar-refractivity contribution in [3.05, 3.63) is 65.5 Å². The summed E-state index contributed by atoms with van der Waals surface area (Å²) in [7, 11) is 1.65. The van der Waals surface area contributed by atoms with Gasteiger partial charge >= 0.3 is 0 Å². The van der Waals surface area contributed by atoms with Crippen LogP contribution in [0.2, 0.25) is 0 Å². The number of nitrogens with zero attached hydrogens (tertiary/aromatic N) is 2. The summed E-state index contributed by atoms with van der Waals surface area (Å²) >= 11 is 0. The zero-order valence-electron chi connectivity index (χ0n) is 13.9. The largest absolute Gasteiger partial charge is 0.383 e. The first-order valence-electron chi connectivity index (χ1n) is 7.96. The van der Waals surface area contributed by atoms with Gasteiger partial charge in [0.25, 0.3) is 0 Å². The maximum absolute atomic E-state index is 12.6. The molecule has 0 saturated heterocycles. The molecule has 4 nitrogen and oxygen atoms in total. The molecule has 0 saturated carbocycles. The van der Waals surface area contributed by atoms with Crippen molar-refractivity contribution in [2.45, 2.75) is 26.3 Å². The van der Waals surface area contributed by atoms with E-state index in [1.54, 1.807) is 19.5 Å². The molecule has 4 heteroatoms. The van der Waals surface area contributed by atoms with E-state index in [0.29, 0.717) is 26.1 Å². The number of aryl methyl sites for hydroxylation is 1. The number of rotatable bonds is 8. The third kappa shape index (κ3) is 5.49. The Labute approximate surface area is 138 Å². The van der Waals surface area contributed by atoms with Crippen molar-refractivity contribution in [2.24, 2.45) is 0 Å². The Bertz CT molecular complexity index is 597. The summed E-state index contributed by atoms with van der Waals surface area (Å²) in [4.78, 5) is 18.4. The maximum Gasteiger partial charge on any atom is 0.227 e. The number of ether oxygens (including phenoxy) is 1. The molecule has 0 radical (unpaired) electrons. The molecule has 1 aromatic heterocycles. The number of pyridine rings is 1. The first-order chi connectivity index (χ1) is 11.2. The second-order valence-electron chi connectivity index (χ2n) is 5.51. The van der Waals surface area contributed by atoms with Gasteiger partial charge in [0.05, 0.1) is 13.0 Å². The molecule has 0 bridgehead atoms. The number of methoxy groups -OCH3 is 1. The van der Waals surface area contributed by atoms with Gasteiger partial charge in [-0.2, -0.15) is 0 Å². The molecular weight excluding hydrogens is 288 g/mol. The van der Waals surface area contributed by atoms with Gasteiger partial charge in [0.2, 0.25) is 5.91 Å². The Morgan fingerprint density at radius 1 is 1.04 bits per heavy atom. The monoisotopic (exact) mass is 312 g/mol. The number of benzene rings is 1. The predicted octanol–water partition coefficient (Wildman–Crippen LogP) is 2.86. The van der Waals surface area contributed by atoms with Crippen molar-refractivity contribution in [1.82, 2.24) is 9.88 Å². The van der Waals surface area contributed by atoms with Gasteiger partial charge in [0.15, 0.2) is 0 Å². The predicted molar refractivity (Wildman–Crippen MR) is 91.1 cm³/mol. The molecule has 0 atom stereocenters. The highest BCUT2D eigenvalue weighted by Gasteiger charge is 2.14. The molecule has 23 heavy (non-hydrogen) atoms. The quantitative estimate of drug-likeness (QED) is 0.753. The SMILES string of the molecule is CCc1ccc(CN(CCOC)C(=O)Cc2ccncc2)cc1. The second kappa shape index (κ2) is 9.06. The molecule has 1 amide bonds. The summed E-state index contributed by atoms with van der Waals surface area (Å²) < 4.78 is 5.14. The zero-order chi connectivity index (χ0) is 16.5. The number of aromatic nitrogens is 1. The Balaban J connectivity index is 2.04. The number of carbonyl (C=O) groups excluding carboxylic acids is 1. The van der Waals surface area contributed by atoms with Crippen molar-refractivity contribution in [3.63, 3.8) is 0 Å². The zero-order valence-corrected chi connectivity index (χ0v) is 13.9. The summed E-state index contributed by atoms with van der Waals surface area (Å²) in [6.45, 7) is 3.88. The van der Waals surface area contributed by atoms with Crippen LogP contribution in [0.15, 0.2) is 48.8 Å². The van der Waals surface area contributed by atoms with Gasteiger partial charge in [-0.25, -0.2) is 0 Å². The van der Waals surface area contributed by atoms with E-state index in [2.05, 4.69) is 36.2 Å². The average Bonchev–Trinajstić information content (AvgIpc) is 2.60. The minimum atomic E-state index is 0.104. The summed E-state index contributed by atoms with van der Waals surface area (Å²) in [5.74, 6) is 0.104.